The second kappa shape index (κ2) is 4.11. The van der Waals surface area contributed by atoms with Gasteiger partial charge in [-0.2, -0.15) is 0 Å². The molecule has 0 spiro atoms. The van der Waals surface area contributed by atoms with Crippen molar-refractivity contribution in [3.8, 4) is 0 Å². The third-order valence-electron chi connectivity index (χ3n) is 2.62. The van der Waals surface area contributed by atoms with Gasteiger partial charge in [0, 0.05) is 32.0 Å². The summed E-state index contributed by atoms with van der Waals surface area (Å²) in [5, 5.41) is 9.03. The van der Waals surface area contributed by atoms with Crippen LogP contribution in [0.4, 0.5) is 5.69 Å². The summed E-state index contributed by atoms with van der Waals surface area (Å²) in [5.41, 5.74) is 8.53. The summed E-state index contributed by atoms with van der Waals surface area (Å²) in [6, 6.07) is 3.58. The van der Waals surface area contributed by atoms with E-state index >= 15 is 0 Å². The molecule has 2 heterocycles. The number of aliphatic hydroxyl groups excluding tert-OH is 1. The van der Waals surface area contributed by atoms with Crippen LogP contribution < -0.4 is 10.6 Å². The van der Waals surface area contributed by atoms with Crippen LogP contribution in [-0.4, -0.2) is 35.2 Å². The molecule has 2 aromatic heterocycles. The molecule has 0 amide bonds. The lowest BCUT2D eigenvalue weighted by Gasteiger charge is -2.13. The number of rotatable bonds is 3. The Hall–Kier alpha value is -1.59. The molecule has 0 aliphatic heterocycles. The van der Waals surface area contributed by atoms with Gasteiger partial charge in [-0.15, -0.1) is 0 Å². The standard InChI is InChI=1S/C11H16N4O/c1-14(2)8-3-4-15-10(9(12)7-16)6-13-11(15)5-8/h3-6,9,16H,7,12H2,1-2H3. The molecule has 5 nitrogen and oxygen atoms in total. The lowest BCUT2D eigenvalue weighted by molar-refractivity contribution is 0.265. The molecule has 2 rings (SSSR count). The van der Waals surface area contributed by atoms with E-state index in [9.17, 15) is 0 Å². The topological polar surface area (TPSA) is 66.8 Å². The molecule has 1 atom stereocenters. The van der Waals surface area contributed by atoms with Crippen molar-refractivity contribution in [2.24, 2.45) is 5.73 Å². The summed E-state index contributed by atoms with van der Waals surface area (Å²) in [4.78, 5) is 6.29. The van der Waals surface area contributed by atoms with Crippen molar-refractivity contribution in [3.63, 3.8) is 0 Å². The number of imidazole rings is 1. The minimum Gasteiger partial charge on any atom is -0.394 e. The van der Waals surface area contributed by atoms with E-state index in [1.807, 2.05) is 41.7 Å². The van der Waals surface area contributed by atoms with Gasteiger partial charge < -0.3 is 20.1 Å². The number of anilines is 1. The van der Waals surface area contributed by atoms with Crippen LogP contribution in [0.3, 0.4) is 0 Å². The first-order valence-electron chi connectivity index (χ1n) is 5.14. The highest BCUT2D eigenvalue weighted by molar-refractivity contribution is 5.56. The first-order valence-corrected chi connectivity index (χ1v) is 5.14. The molecular weight excluding hydrogens is 204 g/mol. The van der Waals surface area contributed by atoms with Crippen LogP contribution in [0.2, 0.25) is 0 Å². The number of pyridine rings is 1. The van der Waals surface area contributed by atoms with Crippen molar-refractivity contribution in [2.45, 2.75) is 6.04 Å². The predicted molar refractivity (Wildman–Crippen MR) is 63.5 cm³/mol. The average Bonchev–Trinajstić information content (AvgIpc) is 2.70. The van der Waals surface area contributed by atoms with Crippen molar-refractivity contribution in [2.75, 3.05) is 25.6 Å². The Bertz CT molecular complexity index is 492. The average molecular weight is 220 g/mol. The van der Waals surface area contributed by atoms with Gasteiger partial charge in [0.1, 0.15) is 5.65 Å². The highest BCUT2D eigenvalue weighted by Gasteiger charge is 2.10. The molecule has 0 fully saturated rings. The van der Waals surface area contributed by atoms with E-state index in [2.05, 4.69) is 4.98 Å². The Morgan fingerprint density at radius 2 is 2.31 bits per heavy atom. The summed E-state index contributed by atoms with van der Waals surface area (Å²) in [7, 11) is 3.96. The van der Waals surface area contributed by atoms with Crippen molar-refractivity contribution in [1.29, 1.82) is 0 Å². The smallest absolute Gasteiger partial charge is 0.139 e. The van der Waals surface area contributed by atoms with E-state index in [1.165, 1.54) is 0 Å². The Kier molecular flexibility index (Phi) is 2.80. The lowest BCUT2D eigenvalue weighted by Crippen LogP contribution is -2.16. The van der Waals surface area contributed by atoms with E-state index < -0.39 is 0 Å². The van der Waals surface area contributed by atoms with Gasteiger partial charge in [0.15, 0.2) is 0 Å². The molecule has 0 aliphatic carbocycles. The van der Waals surface area contributed by atoms with Gasteiger partial charge in [0.2, 0.25) is 0 Å². The summed E-state index contributed by atoms with van der Waals surface area (Å²) < 4.78 is 1.90. The van der Waals surface area contributed by atoms with Crippen molar-refractivity contribution >= 4 is 11.3 Å². The Morgan fingerprint density at radius 1 is 1.56 bits per heavy atom. The summed E-state index contributed by atoms with van der Waals surface area (Å²) >= 11 is 0. The number of aromatic nitrogens is 2. The quantitative estimate of drug-likeness (QED) is 0.785. The zero-order valence-electron chi connectivity index (χ0n) is 9.46. The molecule has 0 aliphatic rings. The number of hydrogen-bond donors (Lipinski definition) is 2. The second-order valence-electron chi connectivity index (χ2n) is 3.98. The van der Waals surface area contributed by atoms with Crippen molar-refractivity contribution in [3.05, 3.63) is 30.2 Å². The molecule has 86 valence electrons. The summed E-state index contributed by atoms with van der Waals surface area (Å²) in [6.45, 7) is -0.0801. The molecule has 3 N–H and O–H groups in total. The fourth-order valence-corrected chi connectivity index (χ4v) is 1.64. The summed E-state index contributed by atoms with van der Waals surface area (Å²) in [5.74, 6) is 0. The number of nitrogens with two attached hydrogens (primary N) is 1. The molecule has 1 unspecified atom stereocenters. The van der Waals surface area contributed by atoms with Crippen LogP contribution in [0.25, 0.3) is 5.65 Å². The minimum atomic E-state index is -0.389. The van der Waals surface area contributed by atoms with Crippen LogP contribution in [0.5, 0.6) is 0 Å². The first-order chi connectivity index (χ1) is 7.63. The Morgan fingerprint density at radius 3 is 2.94 bits per heavy atom. The largest absolute Gasteiger partial charge is 0.394 e. The summed E-state index contributed by atoms with van der Waals surface area (Å²) in [6.07, 6.45) is 3.62. The molecule has 5 heteroatoms. The monoisotopic (exact) mass is 220 g/mol. The van der Waals surface area contributed by atoms with E-state index in [0.717, 1.165) is 17.0 Å². The zero-order valence-corrected chi connectivity index (χ0v) is 9.46. The zero-order chi connectivity index (χ0) is 11.7. The SMILES string of the molecule is CN(C)c1ccn2c(C(N)CO)cnc2c1. The van der Waals surface area contributed by atoms with Crippen LogP contribution in [0.15, 0.2) is 24.5 Å². The molecular formula is C11H16N4O. The number of hydrogen-bond acceptors (Lipinski definition) is 4. The van der Waals surface area contributed by atoms with Gasteiger partial charge >= 0.3 is 0 Å². The molecule has 0 aromatic carbocycles. The molecule has 2 aromatic rings. The maximum Gasteiger partial charge on any atom is 0.139 e. The lowest BCUT2D eigenvalue weighted by atomic mass is 10.2. The maximum absolute atomic E-state index is 9.03. The normalized spacial score (nSPS) is 13.0. The highest BCUT2D eigenvalue weighted by atomic mass is 16.3. The van der Waals surface area contributed by atoms with Gasteiger partial charge in [0.25, 0.3) is 0 Å². The Labute approximate surface area is 94.1 Å². The first kappa shape index (κ1) is 10.9. The van der Waals surface area contributed by atoms with Gasteiger partial charge in [0.05, 0.1) is 24.5 Å². The van der Waals surface area contributed by atoms with Gasteiger partial charge in [-0.05, 0) is 6.07 Å². The maximum atomic E-state index is 9.03. The van der Waals surface area contributed by atoms with Gasteiger partial charge in [-0.1, -0.05) is 0 Å². The van der Waals surface area contributed by atoms with E-state index in [0.29, 0.717) is 0 Å². The molecule has 0 saturated heterocycles. The minimum absolute atomic E-state index is 0.0801. The second-order valence-corrected chi connectivity index (χ2v) is 3.98. The third-order valence-corrected chi connectivity index (χ3v) is 2.62. The fourth-order valence-electron chi connectivity index (χ4n) is 1.64. The van der Waals surface area contributed by atoms with Crippen molar-refractivity contribution in [1.82, 2.24) is 9.38 Å². The Balaban J connectivity index is 2.50. The third kappa shape index (κ3) is 1.75. The highest BCUT2D eigenvalue weighted by Crippen LogP contribution is 2.18. The molecule has 0 radical (unpaired) electrons. The predicted octanol–water partition coefficient (Wildman–Crippen LogP) is 0.392. The molecule has 0 bridgehead atoms. The molecule has 0 saturated carbocycles. The van der Waals surface area contributed by atoms with Gasteiger partial charge in [-0.25, -0.2) is 4.98 Å². The van der Waals surface area contributed by atoms with Crippen molar-refractivity contribution < 1.29 is 5.11 Å². The van der Waals surface area contributed by atoms with E-state index in [1.54, 1.807) is 6.20 Å². The van der Waals surface area contributed by atoms with E-state index in [4.69, 9.17) is 10.8 Å². The van der Waals surface area contributed by atoms with E-state index in [-0.39, 0.29) is 12.6 Å². The number of nitrogens with zero attached hydrogens (tertiary/aromatic N) is 3. The number of fused-ring (bicyclic) bond motifs is 1. The van der Waals surface area contributed by atoms with Gasteiger partial charge in [-0.3, -0.25) is 0 Å². The fraction of sp³-hybridized carbons (Fsp3) is 0.364. The van der Waals surface area contributed by atoms with Crippen LogP contribution in [0.1, 0.15) is 11.7 Å². The number of aliphatic hydroxyl groups is 1. The van der Waals surface area contributed by atoms with Crippen LogP contribution in [-0.2, 0) is 0 Å². The molecule has 16 heavy (non-hydrogen) atoms. The van der Waals surface area contributed by atoms with Crippen LogP contribution in [0, 0.1) is 0 Å². The van der Waals surface area contributed by atoms with Crippen LogP contribution >= 0.6 is 0 Å².